The van der Waals surface area contributed by atoms with Crippen molar-refractivity contribution in [2.24, 2.45) is 0 Å². The number of halogens is 2. The summed E-state index contributed by atoms with van der Waals surface area (Å²) in [6.45, 7) is 6.82. The fourth-order valence-electron chi connectivity index (χ4n) is 5.11. The van der Waals surface area contributed by atoms with Crippen LogP contribution in [0.1, 0.15) is 54.0 Å². The Kier molecular flexibility index (Phi) is 7.88. The van der Waals surface area contributed by atoms with Crippen molar-refractivity contribution < 1.29 is 8.78 Å². The van der Waals surface area contributed by atoms with E-state index in [0.29, 0.717) is 17.0 Å². The van der Waals surface area contributed by atoms with E-state index in [4.69, 9.17) is 15.1 Å². The molecular weight excluding hydrogens is 502 g/mol. The van der Waals surface area contributed by atoms with Crippen molar-refractivity contribution in [2.75, 3.05) is 26.4 Å². The Morgan fingerprint density at radius 2 is 2.00 bits per heavy atom. The van der Waals surface area contributed by atoms with Gasteiger partial charge in [0.25, 0.3) is 0 Å². The summed E-state index contributed by atoms with van der Waals surface area (Å²) < 4.78 is 29.3. The van der Waals surface area contributed by atoms with Gasteiger partial charge >= 0.3 is 0 Å². The van der Waals surface area contributed by atoms with Crippen LogP contribution in [0, 0.1) is 0 Å². The third-order valence-electron chi connectivity index (χ3n) is 7.34. The van der Waals surface area contributed by atoms with Crippen molar-refractivity contribution in [3.05, 3.63) is 76.1 Å². The van der Waals surface area contributed by atoms with E-state index in [1.54, 1.807) is 11.8 Å². The molecule has 6 nitrogen and oxygen atoms in total. The lowest BCUT2D eigenvalue weighted by Crippen LogP contribution is -2.31. The van der Waals surface area contributed by atoms with E-state index in [1.165, 1.54) is 11.6 Å². The maximum Gasteiger partial charge on any atom is 0.126 e. The van der Waals surface area contributed by atoms with Crippen molar-refractivity contribution in [1.29, 1.82) is 0 Å². The number of hydrogen-bond donors (Lipinski definition) is 1. The van der Waals surface area contributed by atoms with Gasteiger partial charge in [0, 0.05) is 66.3 Å². The second-order valence-electron chi connectivity index (χ2n) is 9.74. The minimum Gasteiger partial charge on any atom is -0.307 e. The molecule has 0 fully saturated rings. The Labute approximate surface area is 226 Å². The highest BCUT2D eigenvalue weighted by molar-refractivity contribution is 8.01. The van der Waals surface area contributed by atoms with Crippen molar-refractivity contribution in [2.45, 2.75) is 38.9 Å². The first kappa shape index (κ1) is 26.5. The molecule has 0 spiro atoms. The van der Waals surface area contributed by atoms with E-state index in [2.05, 4.69) is 37.2 Å². The predicted molar refractivity (Wildman–Crippen MR) is 152 cm³/mol. The second-order valence-corrected chi connectivity index (χ2v) is 10.5. The van der Waals surface area contributed by atoms with Gasteiger partial charge in [0.05, 0.1) is 30.0 Å². The molecule has 0 amide bonds. The van der Waals surface area contributed by atoms with Crippen LogP contribution >= 0.6 is 11.8 Å². The van der Waals surface area contributed by atoms with Crippen molar-refractivity contribution >= 4 is 23.9 Å². The van der Waals surface area contributed by atoms with E-state index in [9.17, 15) is 8.78 Å². The SMILES string of the molecule is CS/C=C\c1cc(C=C(F)/C=C/F)c(-c2cc3n(n2)CCN[C@@H]3C)nc1-c1cnc2c(c1)C(C)N(C)CC2. The summed E-state index contributed by atoms with van der Waals surface area (Å²) in [6.07, 6.45) is 9.04. The molecule has 0 aliphatic carbocycles. The zero-order valence-electron chi connectivity index (χ0n) is 22.1. The number of fused-ring (bicyclic) bond motifs is 2. The lowest BCUT2D eigenvalue weighted by atomic mass is 9.94. The summed E-state index contributed by atoms with van der Waals surface area (Å²) in [5.41, 5.74) is 7.54. The largest absolute Gasteiger partial charge is 0.307 e. The molecule has 38 heavy (non-hydrogen) atoms. The number of nitrogens with one attached hydrogen (secondary N) is 1. The predicted octanol–water partition coefficient (Wildman–Crippen LogP) is 6.35. The summed E-state index contributed by atoms with van der Waals surface area (Å²) in [7, 11) is 2.13. The van der Waals surface area contributed by atoms with Gasteiger partial charge in [-0.05, 0) is 68.5 Å². The average molecular weight is 535 g/mol. The summed E-state index contributed by atoms with van der Waals surface area (Å²) in [5.74, 6) is -0.700. The second kappa shape index (κ2) is 11.3. The average Bonchev–Trinajstić information content (AvgIpc) is 3.35. The number of allylic oxidation sites excluding steroid dienone is 2. The van der Waals surface area contributed by atoms with E-state index in [0.717, 1.165) is 60.3 Å². The minimum atomic E-state index is -0.700. The molecule has 3 aromatic rings. The molecule has 0 bridgehead atoms. The van der Waals surface area contributed by atoms with Crippen molar-refractivity contribution in [3.8, 4) is 22.6 Å². The van der Waals surface area contributed by atoms with E-state index in [1.807, 2.05) is 40.8 Å². The van der Waals surface area contributed by atoms with Crippen LogP contribution in [0.5, 0.6) is 0 Å². The van der Waals surface area contributed by atoms with Gasteiger partial charge in [0.1, 0.15) is 11.5 Å². The number of nitrogens with zero attached hydrogens (tertiary/aromatic N) is 5. The van der Waals surface area contributed by atoms with Crippen LogP contribution in [-0.2, 0) is 13.0 Å². The summed E-state index contributed by atoms with van der Waals surface area (Å²) in [5, 5.41) is 10.2. The Hall–Kier alpha value is -3.14. The highest BCUT2D eigenvalue weighted by Crippen LogP contribution is 2.35. The Bertz CT molecular complexity index is 1430. The standard InChI is InChI=1S/C29H32F2N6S/c1-18-27-16-26(35-37(27)11-9-32-18)29-21(14-23(31)5-8-30)13-20(7-12-38-4)28(34-29)22-15-24-19(2)36(3)10-6-25(24)33-17-22/h5,7-8,12-19,32H,6,9-11H2,1-4H3/b8-5+,12-7-,23-14?/t18-,19?/m1/s1. The summed E-state index contributed by atoms with van der Waals surface area (Å²) in [4.78, 5) is 12.2. The van der Waals surface area contributed by atoms with E-state index in [-0.39, 0.29) is 18.4 Å². The van der Waals surface area contributed by atoms with Crippen LogP contribution < -0.4 is 5.32 Å². The van der Waals surface area contributed by atoms with Crippen LogP contribution in [0.3, 0.4) is 0 Å². The molecule has 9 heteroatoms. The van der Waals surface area contributed by atoms with E-state index >= 15 is 0 Å². The fraction of sp³-hybridized carbons (Fsp3) is 0.345. The molecule has 2 atom stereocenters. The quantitative estimate of drug-likeness (QED) is 0.372. The van der Waals surface area contributed by atoms with Crippen LogP contribution in [0.25, 0.3) is 34.8 Å². The highest BCUT2D eigenvalue weighted by Gasteiger charge is 2.25. The molecule has 0 aromatic carbocycles. The Morgan fingerprint density at radius 3 is 2.76 bits per heavy atom. The zero-order valence-corrected chi connectivity index (χ0v) is 22.9. The lowest BCUT2D eigenvalue weighted by molar-refractivity contribution is 0.245. The number of pyridine rings is 2. The monoisotopic (exact) mass is 534 g/mol. The van der Waals surface area contributed by atoms with Crippen molar-refractivity contribution in [1.82, 2.24) is 30.0 Å². The first-order valence-electron chi connectivity index (χ1n) is 12.8. The zero-order chi connectivity index (χ0) is 26.8. The third-order valence-corrected chi connectivity index (χ3v) is 7.75. The third kappa shape index (κ3) is 5.23. The van der Waals surface area contributed by atoms with Gasteiger partial charge in [0.15, 0.2) is 0 Å². The first-order valence-corrected chi connectivity index (χ1v) is 14.1. The Morgan fingerprint density at radius 1 is 1.16 bits per heavy atom. The topological polar surface area (TPSA) is 58.9 Å². The number of likely N-dealkylation sites (N-methyl/N-ethyl adjacent to an activating group) is 1. The maximum atomic E-state index is 14.6. The van der Waals surface area contributed by atoms with Gasteiger partial charge in [-0.2, -0.15) is 5.10 Å². The molecule has 3 aromatic heterocycles. The lowest BCUT2D eigenvalue weighted by Gasteiger charge is -2.31. The van der Waals surface area contributed by atoms with Gasteiger partial charge in [-0.25, -0.2) is 13.8 Å². The van der Waals surface area contributed by atoms with Gasteiger partial charge < -0.3 is 5.32 Å². The van der Waals surface area contributed by atoms with Gasteiger partial charge in [-0.1, -0.05) is 0 Å². The summed E-state index contributed by atoms with van der Waals surface area (Å²) in [6, 6.07) is 6.46. The van der Waals surface area contributed by atoms with Crippen molar-refractivity contribution in [3.63, 3.8) is 0 Å². The van der Waals surface area contributed by atoms with Crippen LogP contribution in [0.2, 0.25) is 0 Å². The smallest absolute Gasteiger partial charge is 0.126 e. The maximum absolute atomic E-state index is 14.6. The molecule has 1 N–H and O–H groups in total. The molecule has 5 rings (SSSR count). The van der Waals surface area contributed by atoms with Gasteiger partial charge in [0.2, 0.25) is 0 Å². The first-order chi connectivity index (χ1) is 18.4. The molecule has 0 saturated carbocycles. The summed E-state index contributed by atoms with van der Waals surface area (Å²) >= 11 is 1.57. The molecule has 2 aliphatic rings. The van der Waals surface area contributed by atoms with E-state index < -0.39 is 5.83 Å². The number of rotatable bonds is 6. The van der Waals surface area contributed by atoms with Crippen LogP contribution in [0.15, 0.2) is 48.0 Å². The van der Waals surface area contributed by atoms with Gasteiger partial charge in [-0.3, -0.25) is 14.6 Å². The van der Waals surface area contributed by atoms with Crippen LogP contribution in [0.4, 0.5) is 8.78 Å². The fourth-order valence-corrected chi connectivity index (χ4v) is 5.39. The molecular formula is C29H32F2N6S. The molecule has 198 valence electrons. The minimum absolute atomic E-state index is 0.141. The molecule has 5 heterocycles. The normalized spacial score (nSPS) is 20.3. The molecule has 0 saturated heterocycles. The molecule has 1 unspecified atom stereocenters. The molecule has 2 aliphatic heterocycles. The Balaban J connectivity index is 1.73. The molecule has 0 radical (unpaired) electrons. The van der Waals surface area contributed by atoms with Crippen LogP contribution in [-0.4, -0.2) is 51.0 Å². The number of thioether (sulfide) groups is 1. The van der Waals surface area contributed by atoms with Gasteiger partial charge in [-0.15, -0.1) is 11.8 Å². The highest BCUT2D eigenvalue weighted by atomic mass is 32.2. The number of aromatic nitrogens is 4. The number of hydrogen-bond acceptors (Lipinski definition) is 6.